The van der Waals surface area contributed by atoms with Crippen molar-refractivity contribution in [2.24, 2.45) is 0 Å². The summed E-state index contributed by atoms with van der Waals surface area (Å²) < 4.78 is 28.6. The van der Waals surface area contributed by atoms with Crippen molar-refractivity contribution in [3.8, 4) is 0 Å². The maximum atomic E-state index is 13.3. The highest BCUT2D eigenvalue weighted by Gasteiger charge is 2.08. The molecule has 0 spiro atoms. The Kier molecular flexibility index (Phi) is 3.54. The van der Waals surface area contributed by atoms with Crippen molar-refractivity contribution in [1.82, 2.24) is 0 Å². The molecule has 3 nitrogen and oxygen atoms in total. The molecule has 4 heteroatoms. The third-order valence-corrected chi connectivity index (χ3v) is 2.35. The lowest BCUT2D eigenvalue weighted by atomic mass is 10.1. The van der Waals surface area contributed by atoms with Gasteiger partial charge in [0.1, 0.15) is 0 Å². The normalized spacial score (nSPS) is 11.1. The molecule has 0 aliphatic rings. The molecule has 0 aliphatic heterocycles. The molecule has 0 bridgehead atoms. The van der Waals surface area contributed by atoms with Gasteiger partial charge in [0.2, 0.25) is 0 Å². The second-order valence-electron chi connectivity index (χ2n) is 3.42. The van der Waals surface area contributed by atoms with Gasteiger partial charge in [-0.2, -0.15) is 0 Å². The Hall–Kier alpha value is -1.39. The molecule has 0 fully saturated rings. The first-order valence-electron chi connectivity index (χ1n) is 5.04. The van der Waals surface area contributed by atoms with E-state index in [1.165, 1.54) is 12.3 Å². The first kappa shape index (κ1) is 11.1. The predicted molar refractivity (Wildman–Crippen MR) is 57.7 cm³/mol. The molecule has 16 heavy (non-hydrogen) atoms. The minimum Gasteiger partial charge on any atom is -0.461 e. The Morgan fingerprint density at radius 2 is 2.12 bits per heavy atom. The van der Waals surface area contributed by atoms with Gasteiger partial charge >= 0.3 is 0 Å². The average molecular weight is 224 g/mol. The number of halogens is 1. The average Bonchev–Trinajstić information content (AvgIpc) is 2.77. The maximum Gasteiger partial charge on any atom is 0.169 e. The monoisotopic (exact) mass is 224 g/mol. The summed E-state index contributed by atoms with van der Waals surface area (Å²) in [5, 5.41) is 0.761. The van der Waals surface area contributed by atoms with Crippen molar-refractivity contribution >= 4 is 11.0 Å². The Morgan fingerprint density at radius 1 is 1.25 bits per heavy atom. The minimum absolute atomic E-state index is 0.285. The van der Waals surface area contributed by atoms with Crippen LogP contribution in [-0.4, -0.2) is 20.3 Å². The second kappa shape index (κ2) is 5.09. The van der Waals surface area contributed by atoms with Crippen LogP contribution in [0.3, 0.4) is 0 Å². The zero-order valence-electron chi connectivity index (χ0n) is 9.03. The molecule has 86 valence electrons. The molecule has 0 unspecified atom stereocenters. The molecule has 0 saturated heterocycles. The number of benzene rings is 1. The summed E-state index contributed by atoms with van der Waals surface area (Å²) in [7, 11) is 1.62. The molecule has 0 radical (unpaired) electrons. The molecule has 2 rings (SSSR count). The quantitative estimate of drug-likeness (QED) is 0.732. The molecule has 1 heterocycles. The highest BCUT2D eigenvalue weighted by Crippen LogP contribution is 2.23. The molecule has 0 saturated carbocycles. The number of rotatable bonds is 5. The van der Waals surface area contributed by atoms with Crippen molar-refractivity contribution in [1.29, 1.82) is 0 Å². The third kappa shape index (κ3) is 2.23. The standard InChI is InChI=1S/C12H13FO3/c1-14-6-7-15-8-9-2-3-11(13)12-10(9)4-5-16-12/h2-5H,6-8H2,1H3. The zero-order valence-corrected chi connectivity index (χ0v) is 9.03. The summed E-state index contributed by atoms with van der Waals surface area (Å²) in [6, 6.07) is 4.84. The van der Waals surface area contributed by atoms with Gasteiger partial charge in [0.05, 0.1) is 26.1 Å². The van der Waals surface area contributed by atoms with Crippen LogP contribution in [0.25, 0.3) is 11.0 Å². The van der Waals surface area contributed by atoms with E-state index in [0.717, 1.165) is 10.9 Å². The van der Waals surface area contributed by atoms with E-state index < -0.39 is 0 Å². The summed E-state index contributed by atoms with van der Waals surface area (Å²) in [5.41, 5.74) is 1.20. The lowest BCUT2D eigenvalue weighted by molar-refractivity contribution is 0.0621. The van der Waals surface area contributed by atoms with Crippen LogP contribution in [0, 0.1) is 5.82 Å². The van der Waals surface area contributed by atoms with Crippen molar-refractivity contribution in [3.63, 3.8) is 0 Å². The van der Waals surface area contributed by atoms with Crippen LogP contribution in [0.4, 0.5) is 4.39 Å². The number of hydrogen-bond acceptors (Lipinski definition) is 3. The number of ether oxygens (including phenoxy) is 2. The fourth-order valence-corrected chi connectivity index (χ4v) is 1.54. The van der Waals surface area contributed by atoms with Gasteiger partial charge in [0.15, 0.2) is 11.4 Å². The van der Waals surface area contributed by atoms with Crippen LogP contribution in [0.2, 0.25) is 0 Å². The van der Waals surface area contributed by atoms with Gasteiger partial charge in [-0.1, -0.05) is 6.07 Å². The molecular weight excluding hydrogens is 211 g/mol. The summed E-state index contributed by atoms with van der Waals surface area (Å²) in [6.07, 6.45) is 1.48. The van der Waals surface area contributed by atoms with Crippen molar-refractivity contribution in [2.75, 3.05) is 20.3 Å². The van der Waals surface area contributed by atoms with Gasteiger partial charge in [0.25, 0.3) is 0 Å². The molecule has 1 aromatic heterocycles. The number of methoxy groups -OCH3 is 1. The molecule has 0 amide bonds. The Labute approximate surface area is 92.8 Å². The first-order valence-corrected chi connectivity index (χ1v) is 5.04. The van der Waals surface area contributed by atoms with E-state index in [9.17, 15) is 4.39 Å². The summed E-state index contributed by atoms with van der Waals surface area (Å²) in [4.78, 5) is 0. The van der Waals surface area contributed by atoms with Crippen molar-refractivity contribution in [3.05, 3.63) is 35.8 Å². The van der Waals surface area contributed by atoms with Crippen LogP contribution in [0.5, 0.6) is 0 Å². The van der Waals surface area contributed by atoms with E-state index in [1.807, 2.05) is 0 Å². The number of fused-ring (bicyclic) bond motifs is 1. The zero-order chi connectivity index (χ0) is 11.4. The molecule has 0 N–H and O–H groups in total. The van der Waals surface area contributed by atoms with Crippen molar-refractivity contribution in [2.45, 2.75) is 6.61 Å². The van der Waals surface area contributed by atoms with Gasteiger partial charge in [-0.25, -0.2) is 4.39 Å². The fourth-order valence-electron chi connectivity index (χ4n) is 1.54. The Balaban J connectivity index is 2.12. The van der Waals surface area contributed by atoms with Crippen LogP contribution >= 0.6 is 0 Å². The first-order chi connectivity index (χ1) is 7.83. The fraction of sp³-hybridized carbons (Fsp3) is 0.333. The van der Waals surface area contributed by atoms with E-state index in [4.69, 9.17) is 13.9 Å². The Morgan fingerprint density at radius 3 is 2.94 bits per heavy atom. The summed E-state index contributed by atoms with van der Waals surface area (Å²) >= 11 is 0. The number of furan rings is 1. The van der Waals surface area contributed by atoms with E-state index in [0.29, 0.717) is 19.8 Å². The lowest BCUT2D eigenvalue weighted by Crippen LogP contribution is -2.02. The SMILES string of the molecule is COCCOCc1ccc(F)c2occc12. The lowest BCUT2D eigenvalue weighted by Gasteiger charge is -2.05. The van der Waals surface area contributed by atoms with Crippen LogP contribution < -0.4 is 0 Å². The topological polar surface area (TPSA) is 31.6 Å². The highest BCUT2D eigenvalue weighted by molar-refractivity contribution is 5.81. The maximum absolute atomic E-state index is 13.3. The predicted octanol–water partition coefficient (Wildman–Crippen LogP) is 2.73. The van der Waals surface area contributed by atoms with Crippen molar-refractivity contribution < 1.29 is 18.3 Å². The largest absolute Gasteiger partial charge is 0.461 e. The molecule has 0 atom stereocenters. The van der Waals surface area contributed by atoms with Gasteiger partial charge in [-0.05, 0) is 17.7 Å². The van der Waals surface area contributed by atoms with Gasteiger partial charge in [-0.3, -0.25) is 0 Å². The van der Waals surface area contributed by atoms with Crippen LogP contribution in [0.1, 0.15) is 5.56 Å². The molecular formula is C12H13FO3. The minimum atomic E-state index is -0.347. The Bertz CT molecular complexity index is 464. The molecule has 0 aliphatic carbocycles. The van der Waals surface area contributed by atoms with Crippen LogP contribution in [-0.2, 0) is 16.1 Å². The number of hydrogen-bond donors (Lipinski definition) is 0. The highest BCUT2D eigenvalue weighted by atomic mass is 19.1. The second-order valence-corrected chi connectivity index (χ2v) is 3.42. The van der Waals surface area contributed by atoms with E-state index in [1.54, 1.807) is 19.2 Å². The summed E-state index contributed by atoms with van der Waals surface area (Å²) in [5.74, 6) is -0.347. The van der Waals surface area contributed by atoms with Gasteiger partial charge in [-0.15, -0.1) is 0 Å². The smallest absolute Gasteiger partial charge is 0.169 e. The van der Waals surface area contributed by atoms with E-state index >= 15 is 0 Å². The van der Waals surface area contributed by atoms with Crippen LogP contribution in [0.15, 0.2) is 28.9 Å². The van der Waals surface area contributed by atoms with E-state index in [2.05, 4.69) is 0 Å². The molecule has 1 aromatic carbocycles. The summed E-state index contributed by atoms with van der Waals surface area (Å²) in [6.45, 7) is 1.50. The third-order valence-electron chi connectivity index (χ3n) is 2.35. The van der Waals surface area contributed by atoms with Gasteiger partial charge < -0.3 is 13.9 Å². The molecule has 2 aromatic rings. The van der Waals surface area contributed by atoms with Gasteiger partial charge in [0, 0.05) is 12.5 Å². The van der Waals surface area contributed by atoms with E-state index in [-0.39, 0.29) is 11.4 Å².